The summed E-state index contributed by atoms with van der Waals surface area (Å²) in [5.41, 5.74) is 3.86. The van der Waals surface area contributed by atoms with Crippen LogP contribution in [0.15, 0.2) is 65.5 Å². The van der Waals surface area contributed by atoms with Crippen molar-refractivity contribution < 1.29 is 9.59 Å². The topological polar surface area (TPSA) is 81.1 Å². The predicted octanol–water partition coefficient (Wildman–Crippen LogP) is 3.84. The molecule has 6 heteroatoms. The molecule has 3 rings (SSSR count). The number of carbonyl (C=O) groups is 2. The number of carbonyl (C=O) groups excluding carboxylic acids is 2. The number of ketones is 1. The molecule has 1 N–H and O–H groups in total. The fraction of sp³-hybridized carbons (Fsp3) is 0.217. The molecule has 0 bridgehead atoms. The van der Waals surface area contributed by atoms with Crippen molar-refractivity contribution in [3.8, 4) is 11.3 Å². The van der Waals surface area contributed by atoms with Gasteiger partial charge in [0, 0.05) is 35.8 Å². The Kier molecular flexibility index (Phi) is 6.34. The number of hydrogen-bond acceptors (Lipinski definition) is 4. The quantitative estimate of drug-likeness (QED) is 0.623. The average Bonchev–Trinajstić information content (AvgIpc) is 2.70. The van der Waals surface area contributed by atoms with Crippen LogP contribution in [0.3, 0.4) is 0 Å². The van der Waals surface area contributed by atoms with Crippen molar-refractivity contribution in [3.05, 3.63) is 82.1 Å². The zero-order chi connectivity index (χ0) is 20.8. The first-order chi connectivity index (χ1) is 13.9. The van der Waals surface area contributed by atoms with E-state index in [4.69, 9.17) is 0 Å². The molecule has 6 nitrogen and oxygen atoms in total. The molecule has 0 aliphatic carbocycles. The summed E-state index contributed by atoms with van der Waals surface area (Å²) in [6.07, 6.45) is 0.749. The Bertz CT molecular complexity index is 1070. The summed E-state index contributed by atoms with van der Waals surface area (Å²) in [6, 6.07) is 17.9. The number of amides is 1. The van der Waals surface area contributed by atoms with Gasteiger partial charge in [-0.1, -0.05) is 29.8 Å². The molecular formula is C23H23N3O3. The number of nitrogens with one attached hydrogen (secondary N) is 1. The highest BCUT2D eigenvalue weighted by Crippen LogP contribution is 2.16. The van der Waals surface area contributed by atoms with Crippen molar-refractivity contribution >= 4 is 17.4 Å². The third-order valence-corrected chi connectivity index (χ3v) is 4.56. The highest BCUT2D eigenvalue weighted by atomic mass is 16.2. The zero-order valence-corrected chi connectivity index (χ0v) is 16.5. The summed E-state index contributed by atoms with van der Waals surface area (Å²) < 4.78 is 1.39. The number of hydrogen-bond donors (Lipinski definition) is 1. The minimum absolute atomic E-state index is 0.0197. The molecule has 0 spiro atoms. The molecule has 1 amide bonds. The number of Topliss-reactive ketones (excluding diaryl/α,β-unsaturated/α-hetero) is 1. The largest absolute Gasteiger partial charge is 0.326 e. The molecule has 29 heavy (non-hydrogen) atoms. The van der Waals surface area contributed by atoms with Crippen LogP contribution >= 0.6 is 0 Å². The normalized spacial score (nSPS) is 10.6. The molecule has 0 atom stereocenters. The first-order valence-corrected chi connectivity index (χ1v) is 9.48. The van der Waals surface area contributed by atoms with Gasteiger partial charge < -0.3 is 5.32 Å². The van der Waals surface area contributed by atoms with Crippen LogP contribution < -0.4 is 10.9 Å². The van der Waals surface area contributed by atoms with E-state index in [1.807, 2.05) is 31.2 Å². The van der Waals surface area contributed by atoms with Crippen LogP contribution in [-0.4, -0.2) is 21.5 Å². The van der Waals surface area contributed by atoms with Crippen molar-refractivity contribution in [2.45, 2.75) is 33.2 Å². The number of aromatic nitrogens is 2. The summed E-state index contributed by atoms with van der Waals surface area (Å²) in [7, 11) is 0. The Morgan fingerprint density at radius 2 is 1.66 bits per heavy atom. The second kappa shape index (κ2) is 9.10. The first kappa shape index (κ1) is 20.2. The van der Waals surface area contributed by atoms with Gasteiger partial charge in [-0.25, -0.2) is 4.68 Å². The highest BCUT2D eigenvalue weighted by Gasteiger charge is 2.07. The molecular weight excluding hydrogens is 366 g/mol. The smallest absolute Gasteiger partial charge is 0.266 e. The van der Waals surface area contributed by atoms with Crippen LogP contribution in [-0.2, 0) is 11.3 Å². The van der Waals surface area contributed by atoms with Gasteiger partial charge in [0.1, 0.15) is 0 Å². The minimum Gasteiger partial charge on any atom is -0.326 e. The zero-order valence-electron chi connectivity index (χ0n) is 16.5. The van der Waals surface area contributed by atoms with Crippen LogP contribution in [0.25, 0.3) is 11.3 Å². The Morgan fingerprint density at radius 1 is 0.966 bits per heavy atom. The van der Waals surface area contributed by atoms with Crippen molar-refractivity contribution in [2.24, 2.45) is 0 Å². The van der Waals surface area contributed by atoms with Crippen LogP contribution in [0.1, 0.15) is 35.7 Å². The van der Waals surface area contributed by atoms with E-state index < -0.39 is 0 Å². The Balaban J connectivity index is 1.57. The third-order valence-electron chi connectivity index (χ3n) is 4.56. The first-order valence-electron chi connectivity index (χ1n) is 9.48. The Labute approximate surface area is 169 Å². The molecule has 0 saturated heterocycles. The average molecular weight is 389 g/mol. The number of rotatable bonds is 7. The molecule has 3 aromatic rings. The fourth-order valence-corrected chi connectivity index (χ4v) is 2.89. The molecule has 0 aliphatic rings. The molecule has 0 unspecified atom stereocenters. The predicted molar refractivity (Wildman–Crippen MR) is 113 cm³/mol. The molecule has 0 aliphatic heterocycles. The molecule has 0 fully saturated rings. The van der Waals surface area contributed by atoms with Crippen molar-refractivity contribution in [1.29, 1.82) is 0 Å². The van der Waals surface area contributed by atoms with E-state index in [2.05, 4.69) is 10.4 Å². The third kappa shape index (κ3) is 5.48. The maximum Gasteiger partial charge on any atom is 0.266 e. The maximum absolute atomic E-state index is 12.1. The summed E-state index contributed by atoms with van der Waals surface area (Å²) in [5.74, 6) is -0.169. The lowest BCUT2D eigenvalue weighted by molar-refractivity contribution is -0.116. The van der Waals surface area contributed by atoms with Crippen LogP contribution in [0.5, 0.6) is 0 Å². The fourth-order valence-electron chi connectivity index (χ4n) is 2.89. The SMILES string of the molecule is CC(=O)c1ccc(NC(=O)CCCn2nc(-c3ccc(C)cc3)ccc2=O)cc1. The van der Waals surface area contributed by atoms with Gasteiger partial charge in [-0.3, -0.25) is 14.4 Å². The molecule has 2 aromatic carbocycles. The van der Waals surface area contributed by atoms with Gasteiger partial charge in [-0.15, -0.1) is 0 Å². The van der Waals surface area contributed by atoms with Crippen molar-refractivity contribution in [3.63, 3.8) is 0 Å². The number of nitrogens with zero attached hydrogens (tertiary/aromatic N) is 2. The van der Waals surface area contributed by atoms with Crippen LogP contribution in [0.4, 0.5) is 5.69 Å². The lowest BCUT2D eigenvalue weighted by Crippen LogP contribution is -2.23. The summed E-state index contributed by atoms with van der Waals surface area (Å²) in [5, 5.41) is 7.21. The van der Waals surface area contributed by atoms with Gasteiger partial charge in [0.05, 0.1) is 5.69 Å². The Morgan fingerprint density at radius 3 is 2.31 bits per heavy atom. The number of aryl methyl sites for hydroxylation is 2. The summed E-state index contributed by atoms with van der Waals surface area (Å²) in [6.45, 7) is 3.87. The lowest BCUT2D eigenvalue weighted by atomic mass is 10.1. The molecule has 1 aromatic heterocycles. The number of benzene rings is 2. The van der Waals surface area contributed by atoms with Crippen molar-refractivity contribution in [1.82, 2.24) is 9.78 Å². The van der Waals surface area contributed by atoms with Gasteiger partial charge >= 0.3 is 0 Å². The van der Waals surface area contributed by atoms with Gasteiger partial charge in [0.15, 0.2) is 5.78 Å². The lowest BCUT2D eigenvalue weighted by Gasteiger charge is -2.08. The van der Waals surface area contributed by atoms with E-state index in [-0.39, 0.29) is 23.7 Å². The van der Waals surface area contributed by atoms with Crippen molar-refractivity contribution in [2.75, 3.05) is 5.32 Å². The van der Waals surface area contributed by atoms with Gasteiger partial charge in [0.2, 0.25) is 5.91 Å². The summed E-state index contributed by atoms with van der Waals surface area (Å²) in [4.78, 5) is 35.5. The van der Waals surface area contributed by atoms with Crippen LogP contribution in [0.2, 0.25) is 0 Å². The highest BCUT2D eigenvalue weighted by molar-refractivity contribution is 5.95. The standard InChI is InChI=1S/C23H23N3O3/c1-16-5-7-19(8-6-16)21-13-14-23(29)26(25-21)15-3-4-22(28)24-20-11-9-18(10-12-20)17(2)27/h5-14H,3-4,15H2,1-2H3,(H,24,28). The minimum atomic E-state index is -0.193. The second-order valence-corrected chi connectivity index (χ2v) is 6.93. The Hall–Kier alpha value is -3.54. The number of anilines is 1. The van der Waals surface area contributed by atoms with E-state index in [0.717, 1.165) is 16.8 Å². The van der Waals surface area contributed by atoms with E-state index in [1.54, 1.807) is 30.3 Å². The second-order valence-electron chi connectivity index (χ2n) is 6.93. The molecule has 148 valence electrons. The maximum atomic E-state index is 12.1. The van der Waals surface area contributed by atoms with Gasteiger partial charge in [-0.05, 0) is 50.6 Å². The molecule has 0 saturated carbocycles. The van der Waals surface area contributed by atoms with E-state index in [9.17, 15) is 14.4 Å². The van der Waals surface area contributed by atoms with Gasteiger partial charge in [0.25, 0.3) is 5.56 Å². The monoisotopic (exact) mass is 389 g/mol. The molecule has 0 radical (unpaired) electrons. The van der Waals surface area contributed by atoms with E-state index >= 15 is 0 Å². The van der Waals surface area contributed by atoms with Gasteiger partial charge in [-0.2, -0.15) is 5.10 Å². The summed E-state index contributed by atoms with van der Waals surface area (Å²) >= 11 is 0. The van der Waals surface area contributed by atoms with E-state index in [0.29, 0.717) is 24.2 Å². The molecule has 1 heterocycles. The van der Waals surface area contributed by atoms with Crippen LogP contribution in [0, 0.1) is 6.92 Å². The van der Waals surface area contributed by atoms with E-state index in [1.165, 1.54) is 17.7 Å².